The zero-order valence-corrected chi connectivity index (χ0v) is 8.19. The number of ether oxygens (including phenoxy) is 2. The number of fused-ring (bicyclic) bond motifs is 1. The number of hydrogen-bond acceptors (Lipinski definition) is 3. The molecule has 0 saturated carbocycles. The molecule has 3 nitrogen and oxygen atoms in total. The van der Waals surface area contributed by atoms with Crippen LogP contribution in [0.2, 0.25) is 0 Å². The maximum atomic E-state index is 7.82. The topological polar surface area (TPSA) is 42.3 Å². The molecule has 0 radical (unpaired) electrons. The Morgan fingerprint density at radius 1 is 1.33 bits per heavy atom. The summed E-state index contributed by atoms with van der Waals surface area (Å²) in [5.74, 6) is 1.79. The van der Waals surface area contributed by atoms with Crippen molar-refractivity contribution in [1.82, 2.24) is 0 Å². The first kappa shape index (κ1) is 8.53. The van der Waals surface area contributed by atoms with Gasteiger partial charge in [-0.2, -0.15) is 0 Å². The van der Waals surface area contributed by atoms with Gasteiger partial charge in [0.2, 0.25) is 0 Å². The van der Waals surface area contributed by atoms with Crippen molar-refractivity contribution in [1.29, 1.82) is 5.41 Å². The summed E-state index contributed by atoms with van der Waals surface area (Å²) in [6.45, 7) is 0.626. The lowest BCUT2D eigenvalue weighted by molar-refractivity contribution is 0.234. The van der Waals surface area contributed by atoms with E-state index in [4.69, 9.17) is 14.9 Å². The molecule has 0 saturated heterocycles. The molecule has 0 aromatic rings. The van der Waals surface area contributed by atoms with Gasteiger partial charge in [0, 0.05) is 11.8 Å². The molecule has 3 heteroatoms. The Kier molecular flexibility index (Phi) is 1.78. The van der Waals surface area contributed by atoms with Crippen LogP contribution in [-0.4, -0.2) is 12.3 Å². The fourth-order valence-electron chi connectivity index (χ4n) is 2.04. The van der Waals surface area contributed by atoms with Crippen molar-refractivity contribution in [3.8, 4) is 0 Å². The van der Waals surface area contributed by atoms with Crippen LogP contribution in [0.5, 0.6) is 0 Å². The first-order valence-electron chi connectivity index (χ1n) is 5.00. The summed E-state index contributed by atoms with van der Waals surface area (Å²) in [5.41, 5.74) is 1.77. The highest BCUT2D eigenvalue weighted by molar-refractivity contribution is 5.97. The maximum Gasteiger partial charge on any atom is 0.126 e. The molecular weight excluding hydrogens is 190 g/mol. The van der Waals surface area contributed by atoms with E-state index in [0.29, 0.717) is 12.3 Å². The quantitative estimate of drug-likeness (QED) is 0.653. The third kappa shape index (κ3) is 1.31. The number of nitrogens with one attached hydrogen (secondary N) is 1. The molecule has 2 heterocycles. The summed E-state index contributed by atoms with van der Waals surface area (Å²) >= 11 is 0. The van der Waals surface area contributed by atoms with Crippen molar-refractivity contribution in [2.24, 2.45) is 5.92 Å². The van der Waals surface area contributed by atoms with E-state index in [1.54, 1.807) is 12.3 Å². The minimum absolute atomic E-state index is 0.0695. The van der Waals surface area contributed by atoms with Gasteiger partial charge in [0.05, 0.1) is 12.2 Å². The van der Waals surface area contributed by atoms with E-state index in [-0.39, 0.29) is 5.92 Å². The first-order valence-corrected chi connectivity index (χ1v) is 5.00. The van der Waals surface area contributed by atoms with Crippen molar-refractivity contribution < 1.29 is 9.47 Å². The number of rotatable bonds is 0. The van der Waals surface area contributed by atoms with E-state index in [2.05, 4.69) is 6.08 Å². The smallest absolute Gasteiger partial charge is 0.126 e. The van der Waals surface area contributed by atoms with Crippen molar-refractivity contribution in [3.05, 3.63) is 47.7 Å². The van der Waals surface area contributed by atoms with Crippen LogP contribution in [0.4, 0.5) is 0 Å². The highest BCUT2D eigenvalue weighted by Crippen LogP contribution is 2.35. The molecule has 76 valence electrons. The summed E-state index contributed by atoms with van der Waals surface area (Å²) in [6.07, 6.45) is 10.1. The monoisotopic (exact) mass is 201 g/mol. The van der Waals surface area contributed by atoms with Crippen molar-refractivity contribution in [2.75, 3.05) is 6.61 Å². The third-order valence-corrected chi connectivity index (χ3v) is 2.84. The van der Waals surface area contributed by atoms with Crippen LogP contribution in [0.25, 0.3) is 0 Å². The van der Waals surface area contributed by atoms with Crippen molar-refractivity contribution in [3.63, 3.8) is 0 Å². The molecule has 3 aliphatic rings. The minimum atomic E-state index is 0.0695. The van der Waals surface area contributed by atoms with Crippen LogP contribution >= 0.6 is 0 Å². The SMILES string of the molecule is N=C1C=COC2=CC3=C(C=CCO3)CC12. The lowest BCUT2D eigenvalue weighted by atomic mass is 9.86. The van der Waals surface area contributed by atoms with Gasteiger partial charge in [-0.3, -0.25) is 0 Å². The van der Waals surface area contributed by atoms with Gasteiger partial charge in [-0.1, -0.05) is 6.08 Å². The predicted molar refractivity (Wildman–Crippen MR) is 56.3 cm³/mol. The Morgan fingerprint density at radius 3 is 3.20 bits per heavy atom. The van der Waals surface area contributed by atoms with Gasteiger partial charge in [0.15, 0.2) is 0 Å². The second-order valence-electron chi connectivity index (χ2n) is 3.78. The number of allylic oxidation sites excluding steroid dienone is 5. The molecule has 0 spiro atoms. The summed E-state index contributed by atoms with van der Waals surface area (Å²) in [4.78, 5) is 0. The molecule has 15 heavy (non-hydrogen) atoms. The van der Waals surface area contributed by atoms with E-state index in [1.165, 1.54) is 5.57 Å². The Morgan fingerprint density at radius 2 is 2.27 bits per heavy atom. The van der Waals surface area contributed by atoms with Gasteiger partial charge in [-0.15, -0.1) is 0 Å². The van der Waals surface area contributed by atoms with Gasteiger partial charge in [-0.25, -0.2) is 0 Å². The maximum absolute atomic E-state index is 7.82. The summed E-state index contributed by atoms with van der Waals surface area (Å²) < 4.78 is 10.9. The zero-order chi connectivity index (χ0) is 10.3. The summed E-state index contributed by atoms with van der Waals surface area (Å²) in [5, 5.41) is 7.82. The van der Waals surface area contributed by atoms with Crippen molar-refractivity contribution in [2.45, 2.75) is 6.42 Å². The van der Waals surface area contributed by atoms with Crippen LogP contribution in [0.3, 0.4) is 0 Å². The molecule has 3 rings (SSSR count). The summed E-state index contributed by atoms with van der Waals surface area (Å²) in [7, 11) is 0. The minimum Gasteiger partial charge on any atom is -0.489 e. The Hall–Kier alpha value is -1.77. The van der Waals surface area contributed by atoms with Gasteiger partial charge in [0.1, 0.15) is 18.1 Å². The molecule has 1 unspecified atom stereocenters. The second kappa shape index (κ2) is 3.12. The van der Waals surface area contributed by atoms with E-state index in [0.717, 1.165) is 17.9 Å². The molecule has 0 fully saturated rings. The van der Waals surface area contributed by atoms with E-state index >= 15 is 0 Å². The Labute approximate surface area is 87.9 Å². The molecule has 1 atom stereocenters. The van der Waals surface area contributed by atoms with E-state index in [1.807, 2.05) is 12.2 Å². The predicted octanol–water partition coefficient (Wildman–Crippen LogP) is 2.29. The van der Waals surface area contributed by atoms with E-state index in [9.17, 15) is 0 Å². The fourth-order valence-corrected chi connectivity index (χ4v) is 2.04. The largest absolute Gasteiger partial charge is 0.489 e. The molecule has 0 amide bonds. The molecular formula is C12H11NO2. The van der Waals surface area contributed by atoms with Crippen LogP contribution < -0.4 is 0 Å². The Balaban J connectivity index is 2.01. The number of hydrogen-bond donors (Lipinski definition) is 1. The fraction of sp³-hybridized carbons (Fsp3) is 0.250. The normalized spacial score (nSPS) is 27.6. The van der Waals surface area contributed by atoms with Gasteiger partial charge in [0.25, 0.3) is 0 Å². The van der Waals surface area contributed by atoms with Crippen LogP contribution in [0.1, 0.15) is 6.42 Å². The molecule has 0 aromatic carbocycles. The molecule has 1 N–H and O–H groups in total. The molecule has 2 aliphatic heterocycles. The van der Waals surface area contributed by atoms with Crippen LogP contribution in [0.15, 0.2) is 47.7 Å². The van der Waals surface area contributed by atoms with Crippen LogP contribution in [0, 0.1) is 11.3 Å². The molecule has 0 bridgehead atoms. The third-order valence-electron chi connectivity index (χ3n) is 2.84. The standard InChI is InChI=1S/C12H11NO2/c13-10-3-5-15-12-7-11-8(6-9(10)12)2-1-4-14-11/h1-3,5,7,9,13H,4,6H2. The molecule has 0 aromatic heterocycles. The average molecular weight is 201 g/mol. The lowest BCUT2D eigenvalue weighted by Gasteiger charge is -2.29. The lowest BCUT2D eigenvalue weighted by Crippen LogP contribution is -2.23. The van der Waals surface area contributed by atoms with Gasteiger partial charge in [-0.05, 0) is 24.1 Å². The van der Waals surface area contributed by atoms with Gasteiger partial charge >= 0.3 is 0 Å². The highest BCUT2D eigenvalue weighted by atomic mass is 16.5. The highest BCUT2D eigenvalue weighted by Gasteiger charge is 2.29. The first-order chi connectivity index (χ1) is 7.34. The molecule has 1 aliphatic carbocycles. The van der Waals surface area contributed by atoms with E-state index < -0.39 is 0 Å². The zero-order valence-electron chi connectivity index (χ0n) is 8.19. The average Bonchev–Trinajstić information content (AvgIpc) is 2.27. The van der Waals surface area contributed by atoms with Crippen molar-refractivity contribution >= 4 is 5.71 Å². The van der Waals surface area contributed by atoms with Crippen LogP contribution in [-0.2, 0) is 9.47 Å². The second-order valence-corrected chi connectivity index (χ2v) is 3.78. The Bertz CT molecular complexity index is 441. The summed E-state index contributed by atoms with van der Waals surface area (Å²) in [6, 6.07) is 0. The van der Waals surface area contributed by atoms with Gasteiger partial charge < -0.3 is 14.9 Å².